The number of carbonyl (C=O) groups is 1. The Hall–Kier alpha value is -2.78. The minimum absolute atomic E-state index is 0.220. The van der Waals surface area contributed by atoms with E-state index in [1.165, 1.54) is 11.2 Å². The van der Waals surface area contributed by atoms with Crippen LogP contribution in [0.2, 0.25) is 5.02 Å². The molecule has 3 nitrogen and oxygen atoms in total. The van der Waals surface area contributed by atoms with Crippen molar-refractivity contribution in [1.82, 2.24) is 8.97 Å². The Kier molecular flexibility index (Phi) is 5.00. The molecule has 0 saturated heterocycles. The van der Waals surface area contributed by atoms with E-state index in [9.17, 15) is 4.79 Å². The standard InChI is InChI=1S/C26H25ClN2O/c1-2-8-23(30)25-24(19-9-4-3-5-10-19)21-11-6-7-16-28-22(17-29(25)26(21)28)18-12-14-20(27)15-13-18/h3-5,9-10,12-15,17H,2,6-8,11,16H2,1H3. The van der Waals surface area contributed by atoms with Gasteiger partial charge in [-0.2, -0.15) is 0 Å². The zero-order chi connectivity index (χ0) is 20.7. The highest BCUT2D eigenvalue weighted by Gasteiger charge is 2.28. The second-order valence-electron chi connectivity index (χ2n) is 8.06. The van der Waals surface area contributed by atoms with Crippen LogP contribution in [0.5, 0.6) is 0 Å². The van der Waals surface area contributed by atoms with Gasteiger partial charge in [0.2, 0.25) is 0 Å². The Morgan fingerprint density at radius 3 is 2.50 bits per heavy atom. The van der Waals surface area contributed by atoms with Gasteiger partial charge in [-0.3, -0.25) is 9.20 Å². The van der Waals surface area contributed by atoms with Crippen molar-refractivity contribution in [3.63, 3.8) is 0 Å². The van der Waals surface area contributed by atoms with Gasteiger partial charge in [0.25, 0.3) is 0 Å². The van der Waals surface area contributed by atoms with Gasteiger partial charge in [0.15, 0.2) is 5.78 Å². The van der Waals surface area contributed by atoms with E-state index in [0.717, 1.165) is 65.3 Å². The lowest BCUT2D eigenvalue weighted by atomic mass is 9.96. The average Bonchev–Trinajstić information content (AvgIpc) is 3.18. The maximum atomic E-state index is 13.3. The number of hydrogen-bond acceptors (Lipinski definition) is 1. The number of benzene rings is 2. The number of aryl methyl sites for hydroxylation is 2. The summed E-state index contributed by atoms with van der Waals surface area (Å²) in [6.45, 7) is 3.03. The van der Waals surface area contributed by atoms with E-state index in [1.807, 2.05) is 18.2 Å². The first kappa shape index (κ1) is 19.2. The summed E-state index contributed by atoms with van der Waals surface area (Å²) in [5.41, 5.74) is 7.86. The van der Waals surface area contributed by atoms with Gasteiger partial charge < -0.3 is 4.57 Å². The van der Waals surface area contributed by atoms with E-state index in [4.69, 9.17) is 11.6 Å². The molecule has 2 aromatic heterocycles. The molecule has 0 unspecified atom stereocenters. The minimum atomic E-state index is 0.220. The fourth-order valence-corrected chi connectivity index (χ4v) is 4.90. The van der Waals surface area contributed by atoms with E-state index in [-0.39, 0.29) is 5.78 Å². The Bertz CT molecular complexity index is 1220. The summed E-state index contributed by atoms with van der Waals surface area (Å²) in [6, 6.07) is 18.4. The van der Waals surface area contributed by atoms with Crippen molar-refractivity contribution in [1.29, 1.82) is 0 Å². The maximum absolute atomic E-state index is 13.3. The molecule has 152 valence electrons. The number of aromatic nitrogens is 2. The molecule has 0 fully saturated rings. The van der Waals surface area contributed by atoms with Crippen molar-refractivity contribution < 1.29 is 4.79 Å². The van der Waals surface area contributed by atoms with Gasteiger partial charge in [0, 0.05) is 35.3 Å². The Morgan fingerprint density at radius 2 is 1.77 bits per heavy atom. The van der Waals surface area contributed by atoms with Gasteiger partial charge in [-0.05, 0) is 48.9 Å². The van der Waals surface area contributed by atoms with E-state index >= 15 is 0 Å². The highest BCUT2D eigenvalue weighted by atomic mass is 35.5. The molecule has 0 amide bonds. The molecule has 0 spiro atoms. The molecule has 0 N–H and O–H groups in total. The fraction of sp³-hybridized carbons (Fsp3) is 0.269. The van der Waals surface area contributed by atoms with Crippen molar-refractivity contribution >= 4 is 23.0 Å². The summed E-state index contributed by atoms with van der Waals surface area (Å²) in [6.07, 6.45) is 6.82. The number of nitrogens with zero attached hydrogens (tertiary/aromatic N) is 2. The van der Waals surface area contributed by atoms with Crippen LogP contribution in [0, 0.1) is 0 Å². The van der Waals surface area contributed by atoms with Crippen molar-refractivity contribution in [3.05, 3.63) is 77.1 Å². The SMILES string of the molecule is CCCC(=O)c1c(-c2ccccc2)c2c3n(c(-c4ccc(Cl)cc4)cn13)CCCC2. The average molecular weight is 417 g/mol. The van der Waals surface area contributed by atoms with Crippen LogP contribution < -0.4 is 0 Å². The van der Waals surface area contributed by atoms with Crippen LogP contribution >= 0.6 is 11.6 Å². The number of ketones is 1. The van der Waals surface area contributed by atoms with Gasteiger partial charge in [0.05, 0.1) is 11.4 Å². The Balaban J connectivity index is 1.84. The van der Waals surface area contributed by atoms with Gasteiger partial charge in [-0.15, -0.1) is 0 Å². The topological polar surface area (TPSA) is 26.4 Å². The predicted molar refractivity (Wildman–Crippen MR) is 123 cm³/mol. The molecule has 2 aromatic carbocycles. The molecule has 4 heteroatoms. The van der Waals surface area contributed by atoms with Crippen LogP contribution in [0.1, 0.15) is 48.7 Å². The second-order valence-corrected chi connectivity index (χ2v) is 8.50. The van der Waals surface area contributed by atoms with E-state index in [2.05, 4.69) is 58.5 Å². The molecule has 3 heterocycles. The first-order chi connectivity index (χ1) is 14.7. The molecule has 0 saturated carbocycles. The number of imidazole rings is 1. The van der Waals surface area contributed by atoms with Crippen LogP contribution in [-0.4, -0.2) is 14.8 Å². The molecule has 5 rings (SSSR count). The van der Waals surface area contributed by atoms with Crippen LogP contribution in [0.3, 0.4) is 0 Å². The highest BCUT2D eigenvalue weighted by molar-refractivity contribution is 6.30. The fourth-order valence-electron chi connectivity index (χ4n) is 4.77. The van der Waals surface area contributed by atoms with Crippen molar-refractivity contribution in [2.24, 2.45) is 0 Å². The van der Waals surface area contributed by atoms with Crippen molar-refractivity contribution in [2.75, 3.05) is 0 Å². The summed E-state index contributed by atoms with van der Waals surface area (Å²) in [5, 5.41) is 0.735. The largest absolute Gasteiger partial charge is 0.325 e. The van der Waals surface area contributed by atoms with Gasteiger partial charge in [0.1, 0.15) is 5.65 Å². The van der Waals surface area contributed by atoms with E-state index in [0.29, 0.717) is 6.42 Å². The third-order valence-corrected chi connectivity index (χ3v) is 6.33. The summed E-state index contributed by atoms with van der Waals surface area (Å²) in [5.74, 6) is 0.220. The number of rotatable bonds is 5. The Labute approximate surface area is 181 Å². The van der Waals surface area contributed by atoms with Crippen LogP contribution in [0.15, 0.2) is 60.8 Å². The van der Waals surface area contributed by atoms with Crippen molar-refractivity contribution in [3.8, 4) is 22.4 Å². The second kappa shape index (κ2) is 7.81. The quantitative estimate of drug-likeness (QED) is 0.320. The summed E-state index contributed by atoms with van der Waals surface area (Å²) >= 11 is 6.13. The third kappa shape index (κ3) is 3.09. The van der Waals surface area contributed by atoms with Crippen molar-refractivity contribution in [2.45, 2.75) is 45.6 Å². The zero-order valence-electron chi connectivity index (χ0n) is 17.2. The number of Topliss-reactive ketones (excluding diaryl/α,β-unsaturated/α-hetero) is 1. The summed E-state index contributed by atoms with van der Waals surface area (Å²) < 4.78 is 4.58. The third-order valence-electron chi connectivity index (χ3n) is 6.08. The highest BCUT2D eigenvalue weighted by Crippen LogP contribution is 2.40. The molecule has 1 aliphatic rings. The smallest absolute Gasteiger partial charge is 0.180 e. The van der Waals surface area contributed by atoms with E-state index < -0.39 is 0 Å². The Morgan fingerprint density at radius 1 is 1.00 bits per heavy atom. The first-order valence-electron chi connectivity index (χ1n) is 10.8. The van der Waals surface area contributed by atoms with Crippen LogP contribution in [0.25, 0.3) is 28.0 Å². The van der Waals surface area contributed by atoms with Gasteiger partial charge in [-0.25, -0.2) is 0 Å². The van der Waals surface area contributed by atoms with E-state index in [1.54, 1.807) is 0 Å². The summed E-state index contributed by atoms with van der Waals surface area (Å²) in [4.78, 5) is 13.3. The lowest BCUT2D eigenvalue weighted by molar-refractivity contribution is 0.0977. The number of carbonyl (C=O) groups excluding carboxylic acids is 1. The first-order valence-corrected chi connectivity index (χ1v) is 11.2. The molecular weight excluding hydrogens is 392 g/mol. The monoisotopic (exact) mass is 416 g/mol. The minimum Gasteiger partial charge on any atom is -0.325 e. The lowest BCUT2D eigenvalue weighted by Gasteiger charge is -2.09. The molecule has 0 aliphatic carbocycles. The normalized spacial score (nSPS) is 13.5. The zero-order valence-corrected chi connectivity index (χ0v) is 18.0. The molecule has 0 radical (unpaired) electrons. The molecule has 0 atom stereocenters. The predicted octanol–water partition coefficient (Wildman–Crippen LogP) is 7.05. The lowest BCUT2D eigenvalue weighted by Crippen LogP contribution is -2.04. The number of halogens is 1. The molecule has 4 aromatic rings. The maximum Gasteiger partial charge on any atom is 0.180 e. The molecule has 30 heavy (non-hydrogen) atoms. The van der Waals surface area contributed by atoms with Gasteiger partial charge in [-0.1, -0.05) is 61.0 Å². The molecular formula is C26H25ClN2O. The van der Waals surface area contributed by atoms with Crippen LogP contribution in [-0.2, 0) is 13.0 Å². The summed E-state index contributed by atoms with van der Waals surface area (Å²) in [7, 11) is 0. The molecule has 0 bridgehead atoms. The van der Waals surface area contributed by atoms with Crippen LogP contribution in [0.4, 0.5) is 0 Å². The van der Waals surface area contributed by atoms with Gasteiger partial charge >= 0.3 is 0 Å². The molecule has 1 aliphatic heterocycles. The number of hydrogen-bond donors (Lipinski definition) is 0.